The number of carboxylic acid groups (broad SMARTS) is 1. The lowest BCUT2D eigenvalue weighted by molar-refractivity contribution is -0.142. The Balaban J connectivity index is 2.62. The van der Waals surface area contributed by atoms with Gasteiger partial charge < -0.3 is 25.0 Å². The van der Waals surface area contributed by atoms with Gasteiger partial charge in [0.2, 0.25) is 5.91 Å². The molecule has 0 spiro atoms. The largest absolute Gasteiger partial charge is 0.481 e. The molecule has 3 atom stereocenters. The average Bonchev–Trinajstić information content (AvgIpc) is 2.93. The lowest BCUT2D eigenvalue weighted by Crippen LogP contribution is -2.53. The topological polar surface area (TPSA) is 99.2 Å². The number of hydrogen-bond donors (Lipinski definition) is 2. The van der Waals surface area contributed by atoms with Crippen molar-refractivity contribution >= 4 is 17.9 Å². The van der Waals surface area contributed by atoms with Crippen LogP contribution in [0.15, 0.2) is 0 Å². The maximum absolute atomic E-state index is 12.1. The van der Waals surface area contributed by atoms with Crippen molar-refractivity contribution < 1.29 is 24.2 Å². The van der Waals surface area contributed by atoms with Crippen molar-refractivity contribution in [2.45, 2.75) is 25.9 Å². The summed E-state index contributed by atoms with van der Waals surface area (Å²) in [5.41, 5.74) is 0. The van der Waals surface area contributed by atoms with Gasteiger partial charge in [-0.15, -0.1) is 0 Å². The molecule has 0 saturated carbocycles. The van der Waals surface area contributed by atoms with E-state index in [1.807, 2.05) is 6.92 Å². The molecule has 0 aliphatic carbocycles. The predicted molar refractivity (Wildman–Crippen MR) is 74.8 cm³/mol. The van der Waals surface area contributed by atoms with Crippen molar-refractivity contribution in [3.63, 3.8) is 0 Å². The second-order valence-corrected chi connectivity index (χ2v) is 5.18. The van der Waals surface area contributed by atoms with E-state index in [4.69, 9.17) is 9.84 Å². The van der Waals surface area contributed by atoms with Gasteiger partial charge in [-0.25, -0.2) is 4.79 Å². The Hall–Kier alpha value is -1.83. The SMILES string of the molecule is CCN(C)C(=O)C(C)NC(=O)N(C)C1COCC1C(=O)O. The molecule has 8 heteroatoms. The Kier molecular flexibility index (Phi) is 5.95. The molecule has 1 heterocycles. The number of carbonyl (C=O) groups is 3. The summed E-state index contributed by atoms with van der Waals surface area (Å²) >= 11 is 0. The molecule has 0 aromatic rings. The Morgan fingerprint density at radius 1 is 1.33 bits per heavy atom. The lowest BCUT2D eigenvalue weighted by atomic mass is 10.0. The molecule has 1 saturated heterocycles. The van der Waals surface area contributed by atoms with Gasteiger partial charge in [0.05, 0.1) is 19.3 Å². The molecule has 1 aliphatic rings. The molecule has 1 rings (SSSR count). The Labute approximate surface area is 124 Å². The van der Waals surface area contributed by atoms with Crippen LogP contribution in [0.5, 0.6) is 0 Å². The smallest absolute Gasteiger partial charge is 0.318 e. The maximum Gasteiger partial charge on any atom is 0.318 e. The first kappa shape index (κ1) is 17.2. The second-order valence-electron chi connectivity index (χ2n) is 5.18. The molecule has 0 aromatic carbocycles. The van der Waals surface area contributed by atoms with Gasteiger partial charge in [-0.05, 0) is 13.8 Å². The fourth-order valence-corrected chi connectivity index (χ4v) is 2.15. The van der Waals surface area contributed by atoms with E-state index >= 15 is 0 Å². The molecule has 1 fully saturated rings. The second kappa shape index (κ2) is 7.26. The molecular weight excluding hydrogens is 278 g/mol. The summed E-state index contributed by atoms with van der Waals surface area (Å²) in [6.07, 6.45) is 0. The zero-order valence-electron chi connectivity index (χ0n) is 12.8. The highest BCUT2D eigenvalue weighted by atomic mass is 16.5. The van der Waals surface area contributed by atoms with Crippen LogP contribution >= 0.6 is 0 Å². The van der Waals surface area contributed by atoms with Crippen molar-refractivity contribution in [2.75, 3.05) is 33.9 Å². The quantitative estimate of drug-likeness (QED) is 0.719. The summed E-state index contributed by atoms with van der Waals surface area (Å²) in [7, 11) is 3.16. The number of nitrogens with zero attached hydrogens (tertiary/aromatic N) is 2. The first-order valence-corrected chi connectivity index (χ1v) is 6.88. The van der Waals surface area contributed by atoms with E-state index in [1.54, 1.807) is 14.0 Å². The lowest BCUT2D eigenvalue weighted by Gasteiger charge is -2.28. The number of aliphatic carboxylic acids is 1. The third-order valence-electron chi connectivity index (χ3n) is 3.75. The number of rotatable bonds is 5. The van der Waals surface area contributed by atoms with Crippen LogP contribution in [0.25, 0.3) is 0 Å². The van der Waals surface area contributed by atoms with Crippen LogP contribution in [0, 0.1) is 5.92 Å². The van der Waals surface area contributed by atoms with E-state index in [0.29, 0.717) is 6.54 Å². The zero-order chi connectivity index (χ0) is 16.2. The first-order chi connectivity index (χ1) is 9.79. The van der Waals surface area contributed by atoms with Gasteiger partial charge in [-0.2, -0.15) is 0 Å². The van der Waals surface area contributed by atoms with Crippen LogP contribution in [0.4, 0.5) is 4.79 Å². The normalized spacial score (nSPS) is 22.5. The van der Waals surface area contributed by atoms with E-state index in [-0.39, 0.29) is 19.1 Å². The number of nitrogens with one attached hydrogen (secondary N) is 1. The number of carbonyl (C=O) groups excluding carboxylic acids is 2. The standard InChI is InChI=1S/C13H23N3O5/c1-5-15(3)11(17)8(2)14-13(20)16(4)10-7-21-6-9(10)12(18)19/h8-10H,5-7H2,1-4H3,(H,14,20)(H,18,19). The maximum atomic E-state index is 12.1. The van der Waals surface area contributed by atoms with E-state index in [2.05, 4.69) is 5.32 Å². The minimum Gasteiger partial charge on any atom is -0.481 e. The monoisotopic (exact) mass is 301 g/mol. The van der Waals surface area contributed by atoms with Crippen LogP contribution in [-0.2, 0) is 14.3 Å². The van der Waals surface area contributed by atoms with Crippen molar-refractivity contribution in [3.05, 3.63) is 0 Å². The molecule has 8 nitrogen and oxygen atoms in total. The molecule has 3 unspecified atom stereocenters. The summed E-state index contributed by atoms with van der Waals surface area (Å²) in [4.78, 5) is 37.9. The van der Waals surface area contributed by atoms with Crippen molar-refractivity contribution in [3.8, 4) is 0 Å². The van der Waals surface area contributed by atoms with E-state index in [1.165, 1.54) is 16.8 Å². The first-order valence-electron chi connectivity index (χ1n) is 6.88. The summed E-state index contributed by atoms with van der Waals surface area (Å²) in [5, 5.41) is 11.7. The van der Waals surface area contributed by atoms with E-state index in [9.17, 15) is 14.4 Å². The van der Waals surface area contributed by atoms with Crippen LogP contribution in [0.3, 0.4) is 0 Å². The molecule has 0 radical (unpaired) electrons. The highest BCUT2D eigenvalue weighted by Gasteiger charge is 2.39. The molecule has 120 valence electrons. The molecule has 0 aromatic heterocycles. The fourth-order valence-electron chi connectivity index (χ4n) is 2.15. The average molecular weight is 301 g/mol. The van der Waals surface area contributed by atoms with Gasteiger partial charge in [-0.3, -0.25) is 9.59 Å². The fraction of sp³-hybridized carbons (Fsp3) is 0.769. The third-order valence-corrected chi connectivity index (χ3v) is 3.75. The Morgan fingerprint density at radius 3 is 2.48 bits per heavy atom. The number of ether oxygens (including phenoxy) is 1. The number of hydrogen-bond acceptors (Lipinski definition) is 4. The molecule has 1 aliphatic heterocycles. The van der Waals surface area contributed by atoms with Crippen LogP contribution in [0.2, 0.25) is 0 Å². The number of urea groups is 1. The van der Waals surface area contributed by atoms with E-state index < -0.39 is 30.0 Å². The van der Waals surface area contributed by atoms with Crippen molar-refractivity contribution in [1.29, 1.82) is 0 Å². The number of amides is 3. The molecule has 0 bridgehead atoms. The molecule has 3 amide bonds. The number of likely N-dealkylation sites (N-methyl/N-ethyl adjacent to an activating group) is 2. The molecule has 2 N–H and O–H groups in total. The van der Waals surface area contributed by atoms with Gasteiger partial charge in [0, 0.05) is 20.6 Å². The van der Waals surface area contributed by atoms with Gasteiger partial charge in [-0.1, -0.05) is 0 Å². The third kappa shape index (κ3) is 4.07. The van der Waals surface area contributed by atoms with Crippen molar-refractivity contribution in [1.82, 2.24) is 15.1 Å². The minimum absolute atomic E-state index is 0.0880. The Bertz CT molecular complexity index is 415. The van der Waals surface area contributed by atoms with Gasteiger partial charge in [0.25, 0.3) is 0 Å². The van der Waals surface area contributed by atoms with Crippen LogP contribution in [-0.4, -0.2) is 78.8 Å². The van der Waals surface area contributed by atoms with Gasteiger partial charge in [0.1, 0.15) is 12.0 Å². The number of carboxylic acids is 1. The molecule has 21 heavy (non-hydrogen) atoms. The van der Waals surface area contributed by atoms with Crippen LogP contribution in [0.1, 0.15) is 13.8 Å². The highest BCUT2D eigenvalue weighted by Crippen LogP contribution is 2.19. The van der Waals surface area contributed by atoms with Crippen molar-refractivity contribution in [2.24, 2.45) is 5.92 Å². The van der Waals surface area contributed by atoms with Gasteiger partial charge >= 0.3 is 12.0 Å². The summed E-state index contributed by atoms with van der Waals surface area (Å²) < 4.78 is 5.13. The highest BCUT2D eigenvalue weighted by molar-refractivity contribution is 5.86. The summed E-state index contributed by atoms with van der Waals surface area (Å²) in [6, 6.07) is -1.69. The minimum atomic E-state index is -0.994. The molecular formula is C13H23N3O5. The summed E-state index contributed by atoms with van der Waals surface area (Å²) in [6.45, 7) is 4.25. The van der Waals surface area contributed by atoms with Gasteiger partial charge in [0.15, 0.2) is 0 Å². The van der Waals surface area contributed by atoms with Crippen LogP contribution < -0.4 is 5.32 Å². The zero-order valence-corrected chi connectivity index (χ0v) is 12.8. The Morgan fingerprint density at radius 2 is 1.95 bits per heavy atom. The van der Waals surface area contributed by atoms with E-state index in [0.717, 1.165) is 0 Å². The predicted octanol–water partition coefficient (Wildman–Crippen LogP) is -0.406. The summed E-state index contributed by atoms with van der Waals surface area (Å²) in [5.74, 6) is -1.94.